The van der Waals surface area contributed by atoms with E-state index in [4.69, 9.17) is 5.73 Å². The zero-order valence-electron chi connectivity index (χ0n) is 12.6. The van der Waals surface area contributed by atoms with Crippen LogP contribution in [0, 0.1) is 17.8 Å². The Morgan fingerprint density at radius 2 is 2.18 bits per heavy atom. The standard InChI is InChI=1S/C16H22N4OS/c17-14-10-2-1-3-11(14)7-12(6-10)15(21)18-8-13-9-20-4-5-22-16(20)19-13/h4-5,9-12,14H,1-3,6-8,17H2,(H,18,21). The molecule has 6 heteroatoms. The molecule has 5 nitrogen and oxygen atoms in total. The summed E-state index contributed by atoms with van der Waals surface area (Å²) in [6.07, 6.45) is 9.56. The molecule has 0 spiro atoms. The summed E-state index contributed by atoms with van der Waals surface area (Å²) in [6.45, 7) is 0.519. The van der Waals surface area contributed by atoms with E-state index < -0.39 is 0 Å². The molecule has 4 rings (SSSR count). The number of hydrogen-bond donors (Lipinski definition) is 2. The molecule has 2 unspecified atom stereocenters. The van der Waals surface area contributed by atoms with Crippen LogP contribution in [0.15, 0.2) is 17.8 Å². The number of nitrogens with one attached hydrogen (secondary N) is 1. The van der Waals surface area contributed by atoms with E-state index in [0.717, 1.165) is 23.5 Å². The smallest absolute Gasteiger partial charge is 0.223 e. The Kier molecular flexibility index (Phi) is 3.66. The molecule has 2 saturated carbocycles. The zero-order valence-corrected chi connectivity index (χ0v) is 13.4. The summed E-state index contributed by atoms with van der Waals surface area (Å²) in [5.41, 5.74) is 7.22. The normalized spacial score (nSPS) is 31.3. The van der Waals surface area contributed by atoms with Crippen LogP contribution in [0.2, 0.25) is 0 Å². The Bertz CT molecular complexity index is 636. The molecule has 2 atom stereocenters. The van der Waals surface area contributed by atoms with E-state index >= 15 is 0 Å². The third-order valence-corrected chi connectivity index (χ3v) is 6.14. The highest BCUT2D eigenvalue weighted by Crippen LogP contribution is 2.41. The number of thiazole rings is 1. The minimum absolute atomic E-state index is 0.138. The van der Waals surface area contributed by atoms with E-state index in [-0.39, 0.29) is 11.8 Å². The van der Waals surface area contributed by atoms with Gasteiger partial charge in [0.05, 0.1) is 12.2 Å². The highest BCUT2D eigenvalue weighted by atomic mass is 32.1. The second kappa shape index (κ2) is 5.66. The van der Waals surface area contributed by atoms with E-state index in [9.17, 15) is 4.79 Å². The van der Waals surface area contributed by atoms with E-state index in [2.05, 4.69) is 10.3 Å². The summed E-state index contributed by atoms with van der Waals surface area (Å²) in [4.78, 5) is 18.0. The Hall–Kier alpha value is -1.40. The lowest BCUT2D eigenvalue weighted by atomic mass is 9.65. The van der Waals surface area contributed by atoms with Gasteiger partial charge in [0.15, 0.2) is 4.96 Å². The number of nitrogens with zero attached hydrogens (tertiary/aromatic N) is 2. The van der Waals surface area contributed by atoms with Gasteiger partial charge < -0.3 is 11.1 Å². The molecule has 0 radical (unpaired) electrons. The Morgan fingerprint density at radius 3 is 2.91 bits per heavy atom. The van der Waals surface area contributed by atoms with E-state index in [1.165, 1.54) is 19.3 Å². The second-order valence-corrected chi connectivity index (χ2v) is 7.61. The second-order valence-electron chi connectivity index (χ2n) is 6.74. The fourth-order valence-corrected chi connectivity index (χ4v) is 4.91. The first-order valence-corrected chi connectivity index (χ1v) is 9.03. The van der Waals surface area contributed by atoms with Gasteiger partial charge in [0, 0.05) is 29.7 Å². The van der Waals surface area contributed by atoms with Crippen molar-refractivity contribution in [2.75, 3.05) is 0 Å². The van der Waals surface area contributed by atoms with Crippen LogP contribution in [-0.4, -0.2) is 21.3 Å². The molecule has 2 aliphatic carbocycles. The van der Waals surface area contributed by atoms with Crippen molar-refractivity contribution in [1.82, 2.24) is 14.7 Å². The Morgan fingerprint density at radius 1 is 1.41 bits per heavy atom. The average molecular weight is 318 g/mol. The summed E-state index contributed by atoms with van der Waals surface area (Å²) < 4.78 is 2.00. The number of fused-ring (bicyclic) bond motifs is 3. The van der Waals surface area contributed by atoms with Crippen molar-refractivity contribution in [2.45, 2.75) is 44.7 Å². The van der Waals surface area contributed by atoms with Gasteiger partial charge in [-0.15, -0.1) is 11.3 Å². The van der Waals surface area contributed by atoms with Gasteiger partial charge in [0.2, 0.25) is 5.91 Å². The number of rotatable bonds is 3. The van der Waals surface area contributed by atoms with Crippen LogP contribution >= 0.6 is 11.3 Å². The lowest BCUT2D eigenvalue weighted by Crippen LogP contribution is -2.49. The van der Waals surface area contributed by atoms with Crippen LogP contribution in [0.1, 0.15) is 37.8 Å². The van der Waals surface area contributed by atoms with Crippen molar-refractivity contribution in [2.24, 2.45) is 23.5 Å². The van der Waals surface area contributed by atoms with Gasteiger partial charge in [-0.3, -0.25) is 9.20 Å². The monoisotopic (exact) mass is 318 g/mol. The molecule has 2 aromatic rings. The minimum atomic E-state index is 0.138. The topological polar surface area (TPSA) is 72.4 Å². The molecule has 0 saturated heterocycles. The van der Waals surface area contributed by atoms with Crippen molar-refractivity contribution in [1.29, 1.82) is 0 Å². The number of nitrogens with two attached hydrogens (primary N) is 1. The fourth-order valence-electron chi connectivity index (χ4n) is 4.19. The molecule has 118 valence electrons. The average Bonchev–Trinajstić information content (AvgIpc) is 3.05. The maximum absolute atomic E-state index is 12.5. The van der Waals surface area contributed by atoms with Gasteiger partial charge >= 0.3 is 0 Å². The van der Waals surface area contributed by atoms with Crippen molar-refractivity contribution in [3.63, 3.8) is 0 Å². The van der Waals surface area contributed by atoms with Gasteiger partial charge in [-0.1, -0.05) is 6.42 Å². The number of amides is 1. The lowest BCUT2D eigenvalue weighted by molar-refractivity contribution is -0.128. The maximum atomic E-state index is 12.5. The largest absolute Gasteiger partial charge is 0.350 e. The first-order valence-electron chi connectivity index (χ1n) is 8.15. The SMILES string of the molecule is NC1C2CCCC1CC(C(=O)NCc1cn3ccsc3n1)C2. The molecule has 2 heterocycles. The summed E-state index contributed by atoms with van der Waals surface area (Å²) in [6, 6.07) is 0.317. The number of carbonyl (C=O) groups is 1. The molecule has 1 amide bonds. The third kappa shape index (κ3) is 2.54. The Balaban J connectivity index is 1.37. The summed E-state index contributed by atoms with van der Waals surface area (Å²) in [5.74, 6) is 1.40. The molecule has 2 bridgehead atoms. The van der Waals surface area contributed by atoms with Crippen LogP contribution in [0.3, 0.4) is 0 Å². The number of aromatic nitrogens is 2. The molecule has 3 N–H and O–H groups in total. The van der Waals surface area contributed by atoms with Gasteiger partial charge in [-0.2, -0.15) is 0 Å². The lowest BCUT2D eigenvalue weighted by Gasteiger charge is -2.43. The van der Waals surface area contributed by atoms with Gasteiger partial charge in [-0.25, -0.2) is 4.98 Å². The van der Waals surface area contributed by atoms with Crippen LogP contribution in [0.25, 0.3) is 4.96 Å². The third-order valence-electron chi connectivity index (χ3n) is 5.37. The minimum Gasteiger partial charge on any atom is -0.350 e. The molecule has 2 aromatic heterocycles. The van der Waals surface area contributed by atoms with Crippen molar-refractivity contribution >= 4 is 22.2 Å². The van der Waals surface area contributed by atoms with Crippen molar-refractivity contribution in [3.8, 4) is 0 Å². The van der Waals surface area contributed by atoms with Gasteiger partial charge in [0.1, 0.15) is 0 Å². The first-order chi connectivity index (χ1) is 10.7. The highest BCUT2D eigenvalue weighted by molar-refractivity contribution is 7.15. The molecule has 2 fully saturated rings. The molecule has 22 heavy (non-hydrogen) atoms. The van der Waals surface area contributed by atoms with Crippen molar-refractivity contribution < 1.29 is 4.79 Å². The van der Waals surface area contributed by atoms with Crippen LogP contribution in [-0.2, 0) is 11.3 Å². The molecular weight excluding hydrogens is 296 g/mol. The van der Waals surface area contributed by atoms with Crippen LogP contribution in [0.4, 0.5) is 0 Å². The summed E-state index contributed by atoms with van der Waals surface area (Å²) in [5, 5.41) is 5.08. The molecular formula is C16H22N4OS. The molecule has 0 aliphatic heterocycles. The van der Waals surface area contributed by atoms with E-state index in [1.807, 2.05) is 22.2 Å². The zero-order chi connectivity index (χ0) is 15.1. The number of carbonyl (C=O) groups excluding carboxylic acids is 1. The predicted molar refractivity (Wildman–Crippen MR) is 86.4 cm³/mol. The predicted octanol–water partition coefficient (Wildman–Crippen LogP) is 2.17. The Labute approximate surface area is 133 Å². The highest BCUT2D eigenvalue weighted by Gasteiger charge is 2.40. The van der Waals surface area contributed by atoms with Crippen LogP contribution < -0.4 is 11.1 Å². The quantitative estimate of drug-likeness (QED) is 0.911. The van der Waals surface area contributed by atoms with Gasteiger partial charge in [-0.05, 0) is 37.5 Å². The fraction of sp³-hybridized carbons (Fsp3) is 0.625. The number of imidazole rings is 1. The van der Waals surface area contributed by atoms with E-state index in [0.29, 0.717) is 24.4 Å². The maximum Gasteiger partial charge on any atom is 0.223 e. The van der Waals surface area contributed by atoms with E-state index in [1.54, 1.807) is 11.3 Å². The van der Waals surface area contributed by atoms with Gasteiger partial charge in [0.25, 0.3) is 0 Å². The molecule has 2 aliphatic rings. The number of hydrogen-bond acceptors (Lipinski definition) is 4. The molecule has 0 aromatic carbocycles. The summed E-state index contributed by atoms with van der Waals surface area (Å²) >= 11 is 1.61. The first kappa shape index (κ1) is 14.2. The van der Waals surface area contributed by atoms with Crippen LogP contribution in [0.5, 0.6) is 0 Å². The van der Waals surface area contributed by atoms with Crippen molar-refractivity contribution in [3.05, 3.63) is 23.5 Å². The summed E-state index contributed by atoms with van der Waals surface area (Å²) in [7, 11) is 0.